The summed E-state index contributed by atoms with van der Waals surface area (Å²) in [5, 5.41) is 7.00. The van der Waals surface area contributed by atoms with Crippen LogP contribution in [0.2, 0.25) is 0 Å². The normalized spacial score (nSPS) is 15.0. The molecule has 1 N–H and O–H groups in total. The predicted molar refractivity (Wildman–Crippen MR) is 79.5 cm³/mol. The Kier molecular flexibility index (Phi) is 3.99. The van der Waals surface area contributed by atoms with Crippen LogP contribution in [0.5, 0.6) is 0 Å². The Morgan fingerprint density at radius 3 is 3.16 bits per heavy atom. The molecule has 0 atom stereocenters. The number of hydrogen-bond donors (Lipinski definition) is 1. The van der Waals surface area contributed by atoms with E-state index in [0.29, 0.717) is 0 Å². The van der Waals surface area contributed by atoms with Gasteiger partial charge in [-0.05, 0) is 37.3 Å². The number of thiazole rings is 1. The van der Waals surface area contributed by atoms with Crippen molar-refractivity contribution in [3.8, 4) is 0 Å². The molecule has 0 amide bonds. The second kappa shape index (κ2) is 5.88. The average molecular weight is 275 g/mol. The Morgan fingerprint density at radius 2 is 2.37 bits per heavy atom. The van der Waals surface area contributed by atoms with E-state index in [4.69, 9.17) is 0 Å². The number of rotatable bonds is 7. The van der Waals surface area contributed by atoms with E-state index in [1.165, 1.54) is 35.5 Å². The molecule has 1 aliphatic carbocycles. The molecule has 2 heterocycles. The summed E-state index contributed by atoms with van der Waals surface area (Å²) < 4.78 is 2.23. The summed E-state index contributed by atoms with van der Waals surface area (Å²) in [6.45, 7) is 4.09. The summed E-state index contributed by atoms with van der Waals surface area (Å²) in [5.41, 5.74) is 2.56. The van der Waals surface area contributed by atoms with Gasteiger partial charge in [0.25, 0.3) is 0 Å². The second-order valence-corrected chi connectivity index (χ2v) is 6.27. The molecule has 0 unspecified atom stereocenters. The summed E-state index contributed by atoms with van der Waals surface area (Å²) in [5.74, 6) is 0. The van der Waals surface area contributed by atoms with Crippen LogP contribution in [0, 0.1) is 0 Å². The van der Waals surface area contributed by atoms with E-state index in [0.717, 1.165) is 25.6 Å². The highest BCUT2D eigenvalue weighted by Gasteiger charge is 2.19. The summed E-state index contributed by atoms with van der Waals surface area (Å²) in [4.78, 5) is 4.67. The molecule has 0 bridgehead atoms. The highest BCUT2D eigenvalue weighted by atomic mass is 32.1. The molecule has 2 aromatic rings. The summed E-state index contributed by atoms with van der Waals surface area (Å²) in [7, 11) is 0. The van der Waals surface area contributed by atoms with E-state index >= 15 is 0 Å². The molecule has 19 heavy (non-hydrogen) atoms. The van der Waals surface area contributed by atoms with E-state index in [9.17, 15) is 0 Å². The molecular formula is C15H21N3S. The fraction of sp³-hybridized carbons (Fsp3) is 0.533. The minimum Gasteiger partial charge on any atom is -0.348 e. The SMILES string of the molecule is CCCc1nc(Cn2ccc(CNC3CC3)c2)cs1. The van der Waals surface area contributed by atoms with Crippen molar-refractivity contribution in [2.45, 2.75) is 51.7 Å². The maximum atomic E-state index is 4.67. The Bertz CT molecular complexity index is 525. The Balaban J connectivity index is 1.55. The predicted octanol–water partition coefficient (Wildman–Crippen LogP) is 3.20. The van der Waals surface area contributed by atoms with Crippen LogP contribution in [-0.2, 0) is 19.5 Å². The van der Waals surface area contributed by atoms with Gasteiger partial charge in [0, 0.05) is 30.4 Å². The monoisotopic (exact) mass is 275 g/mol. The van der Waals surface area contributed by atoms with Gasteiger partial charge in [0.05, 0.1) is 17.2 Å². The molecule has 1 fully saturated rings. The van der Waals surface area contributed by atoms with Gasteiger partial charge >= 0.3 is 0 Å². The van der Waals surface area contributed by atoms with Crippen molar-refractivity contribution in [3.63, 3.8) is 0 Å². The van der Waals surface area contributed by atoms with Gasteiger partial charge in [-0.1, -0.05) is 6.92 Å². The van der Waals surface area contributed by atoms with E-state index in [1.807, 2.05) is 0 Å². The van der Waals surface area contributed by atoms with Crippen molar-refractivity contribution in [1.82, 2.24) is 14.9 Å². The van der Waals surface area contributed by atoms with E-state index in [1.54, 1.807) is 11.3 Å². The third kappa shape index (κ3) is 3.67. The maximum absolute atomic E-state index is 4.67. The lowest BCUT2D eigenvalue weighted by Gasteiger charge is -2.00. The minimum atomic E-state index is 0.776. The van der Waals surface area contributed by atoms with E-state index in [2.05, 4.69) is 45.6 Å². The van der Waals surface area contributed by atoms with Gasteiger partial charge in [0.15, 0.2) is 0 Å². The minimum absolute atomic E-state index is 0.776. The molecule has 3 nitrogen and oxygen atoms in total. The lowest BCUT2D eigenvalue weighted by atomic mass is 10.3. The Labute approximate surface area is 118 Å². The molecule has 4 heteroatoms. The zero-order chi connectivity index (χ0) is 13.1. The third-order valence-electron chi connectivity index (χ3n) is 3.39. The molecule has 0 radical (unpaired) electrons. The lowest BCUT2D eigenvalue weighted by Crippen LogP contribution is -2.14. The highest BCUT2D eigenvalue weighted by molar-refractivity contribution is 7.09. The van der Waals surface area contributed by atoms with Crippen LogP contribution in [0.1, 0.15) is 42.5 Å². The van der Waals surface area contributed by atoms with Gasteiger partial charge in [-0.3, -0.25) is 0 Å². The van der Waals surface area contributed by atoms with Gasteiger partial charge < -0.3 is 9.88 Å². The van der Waals surface area contributed by atoms with Crippen molar-refractivity contribution in [2.75, 3.05) is 0 Å². The summed E-state index contributed by atoms with van der Waals surface area (Å²) in [6.07, 6.45) is 9.36. The molecule has 0 spiro atoms. The first-order chi connectivity index (χ1) is 9.33. The zero-order valence-corrected chi connectivity index (χ0v) is 12.2. The molecule has 1 aliphatic rings. The first-order valence-corrected chi connectivity index (χ1v) is 8.03. The topological polar surface area (TPSA) is 29.9 Å². The summed E-state index contributed by atoms with van der Waals surface area (Å²) >= 11 is 1.79. The number of nitrogens with zero attached hydrogens (tertiary/aromatic N) is 2. The molecule has 0 aliphatic heterocycles. The number of aryl methyl sites for hydroxylation is 1. The van der Waals surface area contributed by atoms with E-state index in [-0.39, 0.29) is 0 Å². The van der Waals surface area contributed by atoms with Gasteiger partial charge in [0.1, 0.15) is 0 Å². The third-order valence-corrected chi connectivity index (χ3v) is 4.35. The van der Waals surface area contributed by atoms with Crippen molar-refractivity contribution in [1.29, 1.82) is 0 Å². The summed E-state index contributed by atoms with van der Waals surface area (Å²) in [6, 6.07) is 2.98. The number of hydrogen-bond acceptors (Lipinski definition) is 3. The smallest absolute Gasteiger partial charge is 0.0928 e. The molecule has 2 aromatic heterocycles. The van der Waals surface area contributed by atoms with Crippen molar-refractivity contribution in [3.05, 3.63) is 40.1 Å². The average Bonchev–Trinajstić information content (AvgIpc) is 2.97. The first kappa shape index (κ1) is 12.9. The molecule has 0 aromatic carbocycles. The number of nitrogens with one attached hydrogen (secondary N) is 1. The number of aromatic nitrogens is 2. The van der Waals surface area contributed by atoms with Crippen molar-refractivity contribution < 1.29 is 0 Å². The molecular weight excluding hydrogens is 254 g/mol. The van der Waals surface area contributed by atoms with Gasteiger partial charge in [-0.15, -0.1) is 11.3 Å². The van der Waals surface area contributed by atoms with Crippen LogP contribution in [0.15, 0.2) is 23.8 Å². The van der Waals surface area contributed by atoms with E-state index < -0.39 is 0 Å². The Hall–Kier alpha value is -1.13. The lowest BCUT2D eigenvalue weighted by molar-refractivity contribution is 0.684. The van der Waals surface area contributed by atoms with Crippen LogP contribution in [0.3, 0.4) is 0 Å². The van der Waals surface area contributed by atoms with Crippen LogP contribution >= 0.6 is 11.3 Å². The quantitative estimate of drug-likeness (QED) is 0.841. The second-order valence-electron chi connectivity index (χ2n) is 5.33. The van der Waals surface area contributed by atoms with Crippen molar-refractivity contribution in [2.24, 2.45) is 0 Å². The standard InChI is InChI=1S/C15H21N3S/c1-2-3-15-17-14(11-19-15)10-18-7-6-12(9-18)8-16-13-4-5-13/h6-7,9,11,13,16H,2-5,8,10H2,1H3. The highest BCUT2D eigenvalue weighted by Crippen LogP contribution is 2.19. The van der Waals surface area contributed by atoms with Crippen LogP contribution in [0.4, 0.5) is 0 Å². The van der Waals surface area contributed by atoms with Gasteiger partial charge in [-0.2, -0.15) is 0 Å². The van der Waals surface area contributed by atoms with Crippen molar-refractivity contribution >= 4 is 11.3 Å². The molecule has 3 rings (SSSR count). The van der Waals surface area contributed by atoms with Gasteiger partial charge in [0.2, 0.25) is 0 Å². The maximum Gasteiger partial charge on any atom is 0.0928 e. The van der Waals surface area contributed by atoms with Crippen LogP contribution in [-0.4, -0.2) is 15.6 Å². The van der Waals surface area contributed by atoms with Crippen LogP contribution < -0.4 is 5.32 Å². The zero-order valence-electron chi connectivity index (χ0n) is 11.4. The molecule has 1 saturated carbocycles. The molecule has 102 valence electrons. The largest absolute Gasteiger partial charge is 0.348 e. The Morgan fingerprint density at radius 1 is 1.47 bits per heavy atom. The van der Waals surface area contributed by atoms with Gasteiger partial charge in [-0.25, -0.2) is 4.98 Å². The molecule has 0 saturated heterocycles. The fourth-order valence-corrected chi connectivity index (χ4v) is 3.07. The van der Waals surface area contributed by atoms with Crippen LogP contribution in [0.25, 0.3) is 0 Å². The fourth-order valence-electron chi connectivity index (χ4n) is 2.18. The first-order valence-electron chi connectivity index (χ1n) is 7.15.